The summed E-state index contributed by atoms with van der Waals surface area (Å²) in [5.74, 6) is 0.850. The summed E-state index contributed by atoms with van der Waals surface area (Å²) in [5.41, 5.74) is 3.38. The molecule has 0 spiro atoms. The molecule has 5 nitrogen and oxygen atoms in total. The molecule has 0 atom stereocenters. The van der Waals surface area contributed by atoms with Crippen molar-refractivity contribution in [2.45, 2.75) is 38.8 Å². The molecule has 33 heavy (non-hydrogen) atoms. The lowest BCUT2D eigenvalue weighted by molar-refractivity contribution is 0.102. The highest BCUT2D eigenvalue weighted by Gasteiger charge is 2.20. The molecule has 0 saturated carbocycles. The molecule has 0 bridgehead atoms. The molecule has 0 aliphatic heterocycles. The predicted octanol–water partition coefficient (Wildman–Crippen LogP) is 5.86. The number of nitrogens with zero attached hydrogens (tertiary/aromatic N) is 2. The summed E-state index contributed by atoms with van der Waals surface area (Å²) in [6.07, 6.45) is 1.78. The molecule has 0 amide bonds. The normalized spacial score (nSPS) is 11.2. The van der Waals surface area contributed by atoms with E-state index in [4.69, 9.17) is 9.72 Å². The molecule has 4 aromatic rings. The van der Waals surface area contributed by atoms with Gasteiger partial charge in [0.05, 0.1) is 23.9 Å². The summed E-state index contributed by atoms with van der Waals surface area (Å²) in [6.45, 7) is 6.14. The number of Topliss-reactive ketones (excluding diaryl/α,β-unsaturated/α-hetero) is 1. The Morgan fingerprint density at radius 3 is 2.55 bits per heavy atom. The number of fused-ring (bicyclic) bond motifs is 1. The van der Waals surface area contributed by atoms with E-state index in [2.05, 4.69) is 13.8 Å². The fourth-order valence-electron chi connectivity index (χ4n) is 3.76. The van der Waals surface area contributed by atoms with Crippen LogP contribution in [0.5, 0.6) is 5.75 Å². The molecule has 0 saturated heterocycles. The van der Waals surface area contributed by atoms with Crippen molar-refractivity contribution in [3.63, 3.8) is 0 Å². The smallest absolute Gasteiger partial charge is 0.267 e. The van der Waals surface area contributed by atoms with Crippen LogP contribution in [0.2, 0.25) is 0 Å². The van der Waals surface area contributed by atoms with Crippen LogP contribution >= 0.6 is 23.1 Å². The van der Waals surface area contributed by atoms with Gasteiger partial charge in [-0.15, -0.1) is 11.3 Å². The quantitative estimate of drug-likeness (QED) is 0.180. The van der Waals surface area contributed by atoms with Crippen molar-refractivity contribution in [1.82, 2.24) is 9.55 Å². The first kappa shape index (κ1) is 23.3. The Hall–Kier alpha value is -2.90. The number of ketones is 1. The number of hydrogen-bond donors (Lipinski definition) is 0. The molecule has 7 heteroatoms. The zero-order chi connectivity index (χ0) is 23.5. The van der Waals surface area contributed by atoms with E-state index in [1.165, 1.54) is 17.3 Å². The van der Waals surface area contributed by atoms with Crippen molar-refractivity contribution < 1.29 is 9.53 Å². The van der Waals surface area contributed by atoms with Gasteiger partial charge >= 0.3 is 0 Å². The minimum Gasteiger partial charge on any atom is -0.497 e. The maximum absolute atomic E-state index is 13.7. The van der Waals surface area contributed by atoms with Gasteiger partial charge < -0.3 is 4.74 Å². The van der Waals surface area contributed by atoms with Gasteiger partial charge in [0.15, 0.2) is 10.9 Å². The van der Waals surface area contributed by atoms with Gasteiger partial charge in [-0.2, -0.15) is 0 Å². The second kappa shape index (κ2) is 9.93. The lowest BCUT2D eigenvalue weighted by atomic mass is 10.1. The van der Waals surface area contributed by atoms with Gasteiger partial charge in [-0.3, -0.25) is 14.2 Å². The van der Waals surface area contributed by atoms with Crippen molar-refractivity contribution >= 4 is 39.1 Å². The minimum absolute atomic E-state index is 0.00537. The summed E-state index contributed by atoms with van der Waals surface area (Å²) in [4.78, 5) is 33.3. The molecule has 0 aliphatic rings. The van der Waals surface area contributed by atoms with Crippen LogP contribution in [-0.4, -0.2) is 28.2 Å². The summed E-state index contributed by atoms with van der Waals surface area (Å²) >= 11 is 2.84. The van der Waals surface area contributed by atoms with Gasteiger partial charge in [0.1, 0.15) is 10.6 Å². The van der Waals surface area contributed by atoms with E-state index in [1.807, 2.05) is 55.5 Å². The first-order valence-electron chi connectivity index (χ1n) is 10.9. The van der Waals surface area contributed by atoms with Crippen molar-refractivity contribution in [3.8, 4) is 11.4 Å². The maximum Gasteiger partial charge on any atom is 0.267 e. The minimum atomic E-state index is -0.121. The number of methoxy groups -OCH3 is 1. The lowest BCUT2D eigenvalue weighted by Crippen LogP contribution is -2.22. The third-order valence-corrected chi connectivity index (χ3v) is 7.95. The number of aromatic nitrogens is 2. The van der Waals surface area contributed by atoms with E-state index in [0.717, 1.165) is 28.1 Å². The molecule has 0 N–H and O–H groups in total. The average molecular weight is 479 g/mol. The van der Waals surface area contributed by atoms with Crippen LogP contribution in [0.25, 0.3) is 15.9 Å². The molecule has 0 unspecified atom stereocenters. The number of carbonyl (C=O) groups is 1. The highest BCUT2D eigenvalue weighted by atomic mass is 32.2. The van der Waals surface area contributed by atoms with E-state index in [1.54, 1.807) is 23.0 Å². The molecule has 2 aromatic carbocycles. The van der Waals surface area contributed by atoms with E-state index < -0.39 is 0 Å². The van der Waals surface area contributed by atoms with Crippen LogP contribution in [0, 0.1) is 6.92 Å². The van der Waals surface area contributed by atoms with E-state index in [-0.39, 0.29) is 17.1 Å². The Bertz CT molecular complexity index is 1370. The number of carbonyl (C=O) groups excluding carboxylic acids is 1. The van der Waals surface area contributed by atoms with Gasteiger partial charge in [-0.25, -0.2) is 4.98 Å². The standard InChI is InChI=1S/C26H26N2O3S2/c1-5-17-10-12-18(13-11-17)21(29)15-32-26-27-24-23(16(3)22(6-2)33-24)25(30)28(26)19-8-7-9-20(14-19)31-4/h7-14H,5-6,15H2,1-4H3. The Balaban J connectivity index is 1.78. The monoisotopic (exact) mass is 478 g/mol. The van der Waals surface area contributed by atoms with Crippen molar-refractivity contribution in [2.75, 3.05) is 12.9 Å². The Morgan fingerprint density at radius 1 is 1.12 bits per heavy atom. The molecular formula is C26H26N2O3S2. The number of thioether (sulfide) groups is 1. The van der Waals surface area contributed by atoms with E-state index in [9.17, 15) is 9.59 Å². The summed E-state index contributed by atoms with van der Waals surface area (Å²) in [7, 11) is 1.60. The van der Waals surface area contributed by atoms with Crippen LogP contribution in [-0.2, 0) is 12.8 Å². The molecule has 170 valence electrons. The van der Waals surface area contributed by atoms with E-state index in [0.29, 0.717) is 27.5 Å². The van der Waals surface area contributed by atoms with E-state index >= 15 is 0 Å². The number of aryl methyl sites for hydroxylation is 3. The highest BCUT2D eigenvalue weighted by Crippen LogP contribution is 2.31. The largest absolute Gasteiger partial charge is 0.497 e. The Morgan fingerprint density at radius 2 is 1.88 bits per heavy atom. The molecule has 2 aromatic heterocycles. The van der Waals surface area contributed by atoms with Crippen LogP contribution in [0.15, 0.2) is 58.5 Å². The Labute approximate surface area is 201 Å². The number of hydrogen-bond acceptors (Lipinski definition) is 6. The number of benzene rings is 2. The SMILES string of the molecule is CCc1ccc(C(=O)CSc2nc3sc(CC)c(C)c3c(=O)n2-c2cccc(OC)c2)cc1. The molecule has 0 aliphatic carbocycles. The third kappa shape index (κ3) is 4.61. The Kier molecular flexibility index (Phi) is 7.00. The summed E-state index contributed by atoms with van der Waals surface area (Å²) in [5, 5.41) is 1.15. The third-order valence-electron chi connectivity index (χ3n) is 5.68. The molecule has 0 radical (unpaired) electrons. The van der Waals surface area contributed by atoms with Crippen LogP contribution < -0.4 is 10.3 Å². The van der Waals surface area contributed by atoms with Crippen LogP contribution in [0.4, 0.5) is 0 Å². The number of ether oxygens (including phenoxy) is 1. The zero-order valence-corrected chi connectivity index (χ0v) is 20.8. The zero-order valence-electron chi connectivity index (χ0n) is 19.2. The van der Waals surface area contributed by atoms with Crippen molar-refractivity contribution in [1.29, 1.82) is 0 Å². The first-order chi connectivity index (χ1) is 16.0. The van der Waals surface area contributed by atoms with Gasteiger partial charge in [0.2, 0.25) is 0 Å². The molecular weight excluding hydrogens is 452 g/mol. The molecule has 2 heterocycles. The van der Waals surface area contributed by atoms with Gasteiger partial charge in [-0.05, 0) is 43.0 Å². The second-order valence-corrected chi connectivity index (χ2v) is 9.71. The fraction of sp³-hybridized carbons (Fsp3) is 0.269. The van der Waals surface area contributed by atoms with Gasteiger partial charge in [0, 0.05) is 16.5 Å². The second-order valence-electron chi connectivity index (χ2n) is 7.68. The average Bonchev–Trinajstić information content (AvgIpc) is 3.18. The topological polar surface area (TPSA) is 61.2 Å². The summed E-state index contributed by atoms with van der Waals surface area (Å²) in [6, 6.07) is 15.0. The number of thiophene rings is 1. The number of rotatable bonds is 8. The van der Waals surface area contributed by atoms with Crippen LogP contribution in [0.3, 0.4) is 0 Å². The predicted molar refractivity (Wildman–Crippen MR) is 137 cm³/mol. The molecule has 4 rings (SSSR count). The van der Waals surface area contributed by atoms with Crippen LogP contribution in [0.1, 0.15) is 40.2 Å². The van der Waals surface area contributed by atoms with Gasteiger partial charge in [-0.1, -0.05) is 55.9 Å². The van der Waals surface area contributed by atoms with Crippen molar-refractivity contribution in [3.05, 3.63) is 80.5 Å². The highest BCUT2D eigenvalue weighted by molar-refractivity contribution is 7.99. The first-order valence-corrected chi connectivity index (χ1v) is 12.7. The molecule has 0 fully saturated rings. The van der Waals surface area contributed by atoms with Gasteiger partial charge in [0.25, 0.3) is 5.56 Å². The lowest BCUT2D eigenvalue weighted by Gasteiger charge is -2.13. The fourth-order valence-corrected chi connectivity index (χ4v) is 5.83. The maximum atomic E-state index is 13.7. The summed E-state index contributed by atoms with van der Waals surface area (Å²) < 4.78 is 6.97. The van der Waals surface area contributed by atoms with Crippen molar-refractivity contribution in [2.24, 2.45) is 0 Å².